The van der Waals surface area contributed by atoms with Crippen molar-refractivity contribution in [3.05, 3.63) is 0 Å². The quantitative estimate of drug-likeness (QED) is 0.809. The van der Waals surface area contributed by atoms with Gasteiger partial charge in [0.1, 0.15) is 0 Å². The summed E-state index contributed by atoms with van der Waals surface area (Å²) in [4.78, 5) is 4.81. The molecular weight excluding hydrogens is 276 g/mol. The number of aliphatic imine (C=N–C) groups is 1. The molecule has 0 aromatic heterocycles. The van der Waals surface area contributed by atoms with E-state index in [0.717, 1.165) is 36.1 Å². The molecule has 0 atom stereocenters. The van der Waals surface area contributed by atoms with Gasteiger partial charge < -0.3 is 5.32 Å². The second-order valence-electron chi connectivity index (χ2n) is 6.24. The Hall–Kier alpha value is -0.0300. The van der Waals surface area contributed by atoms with Crippen LogP contribution in [0.4, 0.5) is 0 Å². The Morgan fingerprint density at radius 2 is 1.95 bits per heavy atom. The van der Waals surface area contributed by atoms with Crippen molar-refractivity contribution < 1.29 is 4.21 Å². The van der Waals surface area contributed by atoms with Crippen LogP contribution in [0.25, 0.3) is 0 Å². The third-order valence-electron chi connectivity index (χ3n) is 4.70. The van der Waals surface area contributed by atoms with Gasteiger partial charge in [0.05, 0.1) is 0 Å². The number of hydrogen-bond donors (Lipinski definition) is 1. The van der Waals surface area contributed by atoms with Gasteiger partial charge in [-0.25, -0.2) is 0 Å². The molecule has 1 spiro atoms. The van der Waals surface area contributed by atoms with E-state index in [0.29, 0.717) is 11.5 Å². The third-order valence-corrected chi connectivity index (χ3v) is 7.36. The van der Waals surface area contributed by atoms with Crippen LogP contribution in [-0.4, -0.2) is 39.2 Å². The molecule has 19 heavy (non-hydrogen) atoms. The highest BCUT2D eigenvalue weighted by atomic mass is 32.2. The fourth-order valence-corrected chi connectivity index (χ4v) is 5.88. The second-order valence-corrected chi connectivity index (χ2v) is 8.90. The van der Waals surface area contributed by atoms with Crippen molar-refractivity contribution in [1.29, 1.82) is 0 Å². The molecule has 0 aromatic rings. The lowest BCUT2D eigenvalue weighted by molar-refractivity contribution is 0.232. The fraction of sp³-hybridized carbons (Fsp3) is 0.929. The highest BCUT2D eigenvalue weighted by molar-refractivity contribution is 8.13. The molecule has 2 heterocycles. The van der Waals surface area contributed by atoms with Crippen molar-refractivity contribution in [3.8, 4) is 0 Å². The highest BCUT2D eigenvalue weighted by Crippen LogP contribution is 2.41. The third kappa shape index (κ3) is 3.54. The summed E-state index contributed by atoms with van der Waals surface area (Å²) < 4.78 is 11.4. The summed E-state index contributed by atoms with van der Waals surface area (Å²) in [7, 11) is -0.563. The maximum Gasteiger partial charge on any atom is 0.156 e. The predicted octanol–water partition coefficient (Wildman–Crippen LogP) is 2.54. The first kappa shape index (κ1) is 13.9. The number of thioether (sulfide) groups is 1. The molecule has 1 N–H and O–H groups in total. The topological polar surface area (TPSA) is 41.5 Å². The van der Waals surface area contributed by atoms with Crippen molar-refractivity contribution in [3.63, 3.8) is 0 Å². The number of amidine groups is 1. The van der Waals surface area contributed by atoms with Gasteiger partial charge in [-0.15, -0.1) is 0 Å². The van der Waals surface area contributed by atoms with E-state index in [4.69, 9.17) is 4.99 Å². The summed E-state index contributed by atoms with van der Waals surface area (Å²) in [5.74, 6) is 2.97. The van der Waals surface area contributed by atoms with Crippen LogP contribution >= 0.6 is 11.8 Å². The molecule has 1 aliphatic carbocycles. The highest BCUT2D eigenvalue weighted by Gasteiger charge is 2.35. The average molecular weight is 300 g/mol. The van der Waals surface area contributed by atoms with Crippen LogP contribution in [0.1, 0.15) is 44.9 Å². The first-order valence-corrected chi connectivity index (χ1v) is 10.0. The lowest BCUT2D eigenvalue weighted by Gasteiger charge is -2.39. The molecule has 0 aromatic carbocycles. The van der Waals surface area contributed by atoms with Gasteiger partial charge in [0.15, 0.2) is 5.17 Å². The van der Waals surface area contributed by atoms with E-state index in [1.54, 1.807) is 0 Å². The number of rotatable bonds is 1. The Bertz CT molecular complexity index is 368. The van der Waals surface area contributed by atoms with Crippen LogP contribution in [0.5, 0.6) is 0 Å². The minimum absolute atomic E-state index is 0.504. The molecule has 3 aliphatic rings. The molecule has 2 fully saturated rings. The zero-order valence-electron chi connectivity index (χ0n) is 11.5. The molecule has 3 rings (SSSR count). The van der Waals surface area contributed by atoms with E-state index < -0.39 is 10.8 Å². The van der Waals surface area contributed by atoms with Gasteiger partial charge in [0.2, 0.25) is 0 Å². The Morgan fingerprint density at radius 1 is 1.21 bits per heavy atom. The zero-order valence-corrected chi connectivity index (χ0v) is 13.2. The summed E-state index contributed by atoms with van der Waals surface area (Å²) in [5.41, 5.74) is 0.516. The van der Waals surface area contributed by atoms with Gasteiger partial charge in [-0.05, 0) is 31.1 Å². The molecule has 0 radical (unpaired) electrons. The van der Waals surface area contributed by atoms with Crippen LogP contribution < -0.4 is 5.32 Å². The molecule has 3 nitrogen and oxygen atoms in total. The summed E-state index contributed by atoms with van der Waals surface area (Å²) in [6.07, 6.45) is 9.04. The van der Waals surface area contributed by atoms with Crippen molar-refractivity contribution in [1.82, 2.24) is 5.32 Å². The van der Waals surface area contributed by atoms with Gasteiger partial charge in [-0.3, -0.25) is 9.20 Å². The lowest BCUT2D eigenvalue weighted by Crippen LogP contribution is -2.42. The second kappa shape index (κ2) is 6.17. The predicted molar refractivity (Wildman–Crippen MR) is 84.3 cm³/mol. The molecule has 5 heteroatoms. The Balaban J connectivity index is 1.51. The molecule has 2 aliphatic heterocycles. The number of nitrogens with one attached hydrogen (secondary N) is 1. The minimum atomic E-state index is -0.563. The summed E-state index contributed by atoms with van der Waals surface area (Å²) >= 11 is 1.93. The lowest BCUT2D eigenvalue weighted by atomic mass is 9.75. The van der Waals surface area contributed by atoms with E-state index in [2.05, 4.69) is 5.32 Å². The normalized spacial score (nSPS) is 34.8. The summed E-state index contributed by atoms with van der Waals surface area (Å²) in [6, 6.07) is 0.504. The van der Waals surface area contributed by atoms with E-state index >= 15 is 0 Å². The molecule has 1 saturated heterocycles. The van der Waals surface area contributed by atoms with Gasteiger partial charge >= 0.3 is 0 Å². The average Bonchev–Trinajstić information content (AvgIpc) is 2.45. The minimum Gasteiger partial charge on any atom is -0.362 e. The van der Waals surface area contributed by atoms with Gasteiger partial charge in [-0.2, -0.15) is 0 Å². The smallest absolute Gasteiger partial charge is 0.156 e. The standard InChI is InChI=1S/C14H24N2OS2/c17-19-8-4-12(5-9-19)16-13-15-10-14(11-18-13)6-2-1-3-7-14/h12H,1-11H2,(H,15,16). The molecule has 0 amide bonds. The number of nitrogens with zero attached hydrogens (tertiary/aromatic N) is 1. The van der Waals surface area contributed by atoms with Crippen molar-refractivity contribution >= 4 is 27.7 Å². The van der Waals surface area contributed by atoms with Crippen LogP contribution in [0.3, 0.4) is 0 Å². The maximum atomic E-state index is 11.4. The SMILES string of the molecule is O=S1CCC(NC2=NCC3(CCCCC3)CS2)CC1. The molecule has 1 saturated carbocycles. The van der Waals surface area contributed by atoms with E-state index in [-0.39, 0.29) is 0 Å². The first-order chi connectivity index (χ1) is 9.26. The maximum absolute atomic E-state index is 11.4. The largest absolute Gasteiger partial charge is 0.362 e. The Kier molecular flexibility index (Phi) is 4.52. The van der Waals surface area contributed by atoms with Crippen molar-refractivity contribution in [2.75, 3.05) is 23.8 Å². The van der Waals surface area contributed by atoms with E-state index in [1.165, 1.54) is 37.9 Å². The van der Waals surface area contributed by atoms with Gasteiger partial charge in [-0.1, -0.05) is 31.0 Å². The Labute approximate surface area is 122 Å². The van der Waals surface area contributed by atoms with Crippen LogP contribution in [0.15, 0.2) is 4.99 Å². The van der Waals surface area contributed by atoms with Crippen molar-refractivity contribution in [2.45, 2.75) is 51.0 Å². The van der Waals surface area contributed by atoms with Gasteiger partial charge in [0.25, 0.3) is 0 Å². The fourth-order valence-electron chi connectivity index (χ4n) is 3.36. The first-order valence-electron chi connectivity index (χ1n) is 7.55. The molecule has 108 valence electrons. The molecular formula is C14H24N2OS2. The summed E-state index contributed by atoms with van der Waals surface area (Å²) in [6.45, 7) is 1.03. The molecule has 0 bridgehead atoms. The monoisotopic (exact) mass is 300 g/mol. The molecule has 0 unspecified atom stereocenters. The zero-order chi connectivity index (χ0) is 13.1. The van der Waals surface area contributed by atoms with Crippen LogP contribution in [0, 0.1) is 5.41 Å². The summed E-state index contributed by atoms with van der Waals surface area (Å²) in [5, 5.41) is 4.73. The number of hydrogen-bond acceptors (Lipinski definition) is 4. The van der Waals surface area contributed by atoms with Crippen LogP contribution in [-0.2, 0) is 10.8 Å². The van der Waals surface area contributed by atoms with Crippen molar-refractivity contribution in [2.24, 2.45) is 10.4 Å². The Morgan fingerprint density at radius 3 is 2.58 bits per heavy atom. The van der Waals surface area contributed by atoms with E-state index in [9.17, 15) is 4.21 Å². The van der Waals surface area contributed by atoms with Gasteiger partial charge in [0, 0.05) is 40.6 Å². The van der Waals surface area contributed by atoms with Crippen LogP contribution in [0.2, 0.25) is 0 Å². The van der Waals surface area contributed by atoms with E-state index in [1.807, 2.05) is 11.8 Å².